The number of nitrogens with one attached hydrogen (secondary N) is 3. The number of aliphatic hydroxyl groups is 5. The van der Waals surface area contributed by atoms with E-state index in [9.17, 15) is 25.5 Å². The summed E-state index contributed by atoms with van der Waals surface area (Å²) in [6, 6.07) is -0.872. The second kappa shape index (κ2) is 30.3. The van der Waals surface area contributed by atoms with E-state index in [2.05, 4.69) is 22.9 Å². The SMILES string of the molecule is CCCCCCCCCCCCCCCCCCCCCCCCNC(=S)NC(CNC1CCC(O)C(O)C1O)C(O)CC(O)CC. The van der Waals surface area contributed by atoms with Gasteiger partial charge in [0.1, 0.15) is 6.10 Å². The monoisotopic (exact) mass is 688 g/mol. The van der Waals surface area contributed by atoms with E-state index in [0.29, 0.717) is 30.9 Å². The van der Waals surface area contributed by atoms with E-state index in [1.807, 2.05) is 6.92 Å². The van der Waals surface area contributed by atoms with Crippen LogP contribution in [0.4, 0.5) is 0 Å². The van der Waals surface area contributed by atoms with Crippen LogP contribution in [0.25, 0.3) is 0 Å². The molecule has 8 N–H and O–H groups in total. The molecule has 0 aromatic rings. The molecule has 0 aromatic carbocycles. The van der Waals surface area contributed by atoms with Crippen LogP contribution in [0.3, 0.4) is 0 Å². The van der Waals surface area contributed by atoms with Crippen LogP contribution in [-0.2, 0) is 0 Å². The topological polar surface area (TPSA) is 137 Å². The van der Waals surface area contributed by atoms with Gasteiger partial charge in [0.2, 0.25) is 0 Å². The van der Waals surface area contributed by atoms with Crippen molar-refractivity contribution in [3.63, 3.8) is 0 Å². The Morgan fingerprint density at radius 1 is 0.638 bits per heavy atom. The summed E-state index contributed by atoms with van der Waals surface area (Å²) in [7, 11) is 0. The molecule has 280 valence electrons. The van der Waals surface area contributed by atoms with Crippen LogP contribution in [0.2, 0.25) is 0 Å². The Kier molecular flexibility index (Phi) is 28.7. The van der Waals surface area contributed by atoms with E-state index in [1.165, 1.54) is 135 Å². The minimum atomic E-state index is -1.19. The molecule has 1 rings (SSSR count). The van der Waals surface area contributed by atoms with Gasteiger partial charge in [-0.2, -0.15) is 0 Å². The Hall–Kier alpha value is -0.550. The second-order valence-electron chi connectivity index (χ2n) is 14.4. The molecule has 0 aliphatic heterocycles. The fourth-order valence-corrected chi connectivity index (χ4v) is 6.96. The third-order valence-corrected chi connectivity index (χ3v) is 10.4. The van der Waals surface area contributed by atoms with Crippen molar-refractivity contribution in [2.24, 2.45) is 0 Å². The Bertz CT molecular complexity index is 721. The summed E-state index contributed by atoms with van der Waals surface area (Å²) in [6.07, 6.45) is 27.1. The van der Waals surface area contributed by atoms with Crippen molar-refractivity contribution >= 4 is 17.3 Å². The first-order valence-corrected chi connectivity index (χ1v) is 20.4. The zero-order chi connectivity index (χ0) is 34.5. The van der Waals surface area contributed by atoms with Crippen LogP contribution in [-0.4, -0.2) is 86.3 Å². The van der Waals surface area contributed by atoms with Crippen LogP contribution in [0.1, 0.15) is 181 Å². The number of hydrogen-bond acceptors (Lipinski definition) is 7. The molecule has 1 aliphatic rings. The van der Waals surface area contributed by atoms with Gasteiger partial charge in [0.15, 0.2) is 5.11 Å². The van der Waals surface area contributed by atoms with Crippen molar-refractivity contribution in [1.29, 1.82) is 0 Å². The van der Waals surface area contributed by atoms with Crippen LogP contribution < -0.4 is 16.0 Å². The molecular formula is C38H77N3O5S. The summed E-state index contributed by atoms with van der Waals surface area (Å²) in [5, 5.41) is 61.2. The molecule has 1 saturated carbocycles. The molecular weight excluding hydrogens is 611 g/mol. The third-order valence-electron chi connectivity index (χ3n) is 10.1. The van der Waals surface area contributed by atoms with Crippen molar-refractivity contribution in [3.05, 3.63) is 0 Å². The molecule has 47 heavy (non-hydrogen) atoms. The molecule has 0 heterocycles. The summed E-state index contributed by atoms with van der Waals surface area (Å²) in [5.41, 5.74) is 0. The standard InChI is InChI=1S/C38H77N3O5S/c1-3-5-6-7-8-9-10-11-12-13-14-15-16-17-18-19-20-21-22-23-24-25-28-39-38(47)41-33(35(44)29-31(42)4-2)30-40-32-26-27-34(43)37(46)36(32)45/h31-37,40,42-46H,3-30H2,1-2H3,(H2,39,41,47). The van der Waals surface area contributed by atoms with Gasteiger partial charge in [0, 0.05) is 25.6 Å². The van der Waals surface area contributed by atoms with Gasteiger partial charge in [0.25, 0.3) is 0 Å². The summed E-state index contributed by atoms with van der Waals surface area (Å²) >= 11 is 5.51. The van der Waals surface area contributed by atoms with E-state index < -0.39 is 42.6 Å². The largest absolute Gasteiger partial charge is 0.393 e. The highest BCUT2D eigenvalue weighted by Gasteiger charge is 2.36. The van der Waals surface area contributed by atoms with Crippen LogP contribution in [0.5, 0.6) is 0 Å². The maximum atomic E-state index is 10.8. The number of unbranched alkanes of at least 4 members (excludes halogenated alkanes) is 21. The molecule has 0 aromatic heterocycles. The first kappa shape index (κ1) is 44.5. The van der Waals surface area contributed by atoms with Gasteiger partial charge in [-0.05, 0) is 37.9 Å². The van der Waals surface area contributed by atoms with Gasteiger partial charge < -0.3 is 41.5 Å². The Balaban J connectivity index is 2.02. The lowest BCUT2D eigenvalue weighted by molar-refractivity contribution is -0.0986. The van der Waals surface area contributed by atoms with Gasteiger partial charge in [0.05, 0.1) is 30.5 Å². The van der Waals surface area contributed by atoms with Crippen molar-refractivity contribution in [3.8, 4) is 0 Å². The molecule has 7 unspecified atom stereocenters. The number of thiocarbonyl (C=S) groups is 1. The zero-order valence-electron chi connectivity index (χ0n) is 30.5. The first-order chi connectivity index (χ1) is 22.8. The molecule has 8 nitrogen and oxygen atoms in total. The highest BCUT2D eigenvalue weighted by atomic mass is 32.1. The minimum absolute atomic E-state index is 0.215. The van der Waals surface area contributed by atoms with Crippen molar-refractivity contribution < 1.29 is 25.5 Å². The van der Waals surface area contributed by atoms with Gasteiger partial charge in [-0.1, -0.05) is 149 Å². The van der Waals surface area contributed by atoms with Gasteiger partial charge in [-0.25, -0.2) is 0 Å². The maximum Gasteiger partial charge on any atom is 0.166 e. The van der Waals surface area contributed by atoms with E-state index in [4.69, 9.17) is 12.2 Å². The molecule has 0 spiro atoms. The van der Waals surface area contributed by atoms with Gasteiger partial charge >= 0.3 is 0 Å². The zero-order valence-corrected chi connectivity index (χ0v) is 31.3. The number of hydrogen-bond donors (Lipinski definition) is 8. The van der Waals surface area contributed by atoms with E-state index >= 15 is 0 Å². The van der Waals surface area contributed by atoms with Gasteiger partial charge in [-0.3, -0.25) is 0 Å². The average Bonchev–Trinajstić information content (AvgIpc) is 3.06. The molecule has 0 amide bonds. The van der Waals surface area contributed by atoms with Crippen molar-refractivity contribution in [2.75, 3.05) is 13.1 Å². The van der Waals surface area contributed by atoms with Crippen molar-refractivity contribution in [1.82, 2.24) is 16.0 Å². The molecule has 9 heteroatoms. The quantitative estimate of drug-likeness (QED) is 0.0293. The number of aliphatic hydroxyl groups excluding tert-OH is 5. The molecule has 0 saturated heterocycles. The summed E-state index contributed by atoms with van der Waals surface area (Å²) < 4.78 is 0. The molecule has 1 aliphatic carbocycles. The highest BCUT2D eigenvalue weighted by molar-refractivity contribution is 7.80. The lowest BCUT2D eigenvalue weighted by atomic mass is 9.87. The maximum absolute atomic E-state index is 10.8. The molecule has 7 atom stereocenters. The van der Waals surface area contributed by atoms with Crippen LogP contribution >= 0.6 is 12.2 Å². The molecule has 0 radical (unpaired) electrons. The van der Waals surface area contributed by atoms with E-state index in [1.54, 1.807) is 0 Å². The smallest absolute Gasteiger partial charge is 0.166 e. The lowest BCUT2D eigenvalue weighted by Gasteiger charge is -2.37. The minimum Gasteiger partial charge on any atom is -0.393 e. The fraction of sp³-hybridized carbons (Fsp3) is 0.974. The normalized spacial score (nSPS) is 21.8. The third kappa shape index (κ3) is 23.5. The van der Waals surface area contributed by atoms with Crippen molar-refractivity contribution in [2.45, 2.75) is 223 Å². The first-order valence-electron chi connectivity index (χ1n) is 20.0. The molecule has 1 fully saturated rings. The number of rotatable bonds is 31. The van der Waals surface area contributed by atoms with Crippen LogP contribution in [0.15, 0.2) is 0 Å². The highest BCUT2D eigenvalue weighted by Crippen LogP contribution is 2.20. The van der Waals surface area contributed by atoms with Gasteiger partial charge in [-0.15, -0.1) is 0 Å². The van der Waals surface area contributed by atoms with Crippen LogP contribution in [0, 0.1) is 0 Å². The predicted octanol–water partition coefficient (Wildman–Crippen LogP) is 6.78. The Labute approximate surface area is 294 Å². The predicted molar refractivity (Wildman–Crippen MR) is 201 cm³/mol. The summed E-state index contributed by atoms with van der Waals surface area (Å²) in [4.78, 5) is 0. The summed E-state index contributed by atoms with van der Waals surface area (Å²) in [6.45, 7) is 5.22. The van der Waals surface area contributed by atoms with E-state index in [0.717, 1.165) is 13.0 Å². The van der Waals surface area contributed by atoms with E-state index in [-0.39, 0.29) is 6.42 Å². The summed E-state index contributed by atoms with van der Waals surface area (Å²) in [5.74, 6) is 0. The average molecular weight is 688 g/mol. The Morgan fingerprint density at radius 3 is 1.53 bits per heavy atom. The molecule has 0 bridgehead atoms. The Morgan fingerprint density at radius 2 is 1.09 bits per heavy atom. The second-order valence-corrected chi connectivity index (χ2v) is 14.8. The fourth-order valence-electron chi connectivity index (χ4n) is 6.71. The lowest BCUT2D eigenvalue weighted by Crippen LogP contribution is -2.59.